The summed E-state index contributed by atoms with van der Waals surface area (Å²) in [5.74, 6) is -1.90. The van der Waals surface area contributed by atoms with Crippen LogP contribution >= 0.6 is 11.3 Å². The summed E-state index contributed by atoms with van der Waals surface area (Å²) in [6.07, 6.45) is -0.357. The summed E-state index contributed by atoms with van der Waals surface area (Å²) in [7, 11) is 1.20. The Labute approximate surface area is 217 Å². The number of nitrogens with two attached hydrogens (primary N) is 1. The molecule has 0 spiro atoms. The standard InChI is InChI=1S/C22H22F2N8O5S/c1-5-30-9(2)12(7-26-30)11-6-13(18(23)24)27-22-15(11)16(17(38-22)19(25)33)28-20(34)10(3)31-8-14(32(35)36)21(29-31)37-4/h6-8,10,18H,5H2,1-4H3,(H2,25,33)(H,28,34). The van der Waals surface area contributed by atoms with Gasteiger partial charge in [0.15, 0.2) is 0 Å². The van der Waals surface area contributed by atoms with Gasteiger partial charge in [0, 0.05) is 23.2 Å². The second kappa shape index (κ2) is 10.1. The van der Waals surface area contributed by atoms with Crippen molar-refractivity contribution < 1.29 is 28.0 Å². The average molecular weight is 549 g/mol. The highest BCUT2D eigenvalue weighted by molar-refractivity contribution is 7.21. The largest absolute Gasteiger partial charge is 0.475 e. The molecule has 4 heterocycles. The van der Waals surface area contributed by atoms with E-state index in [4.69, 9.17) is 10.5 Å². The quantitative estimate of drug-likeness (QED) is 0.234. The van der Waals surface area contributed by atoms with Gasteiger partial charge in [0.25, 0.3) is 12.3 Å². The minimum atomic E-state index is -2.90. The molecular weight excluding hydrogens is 526 g/mol. The van der Waals surface area contributed by atoms with Crippen molar-refractivity contribution in [3.63, 3.8) is 0 Å². The minimum Gasteiger partial charge on any atom is -0.475 e. The molecule has 1 unspecified atom stereocenters. The topological polar surface area (TPSA) is 173 Å². The number of aryl methyl sites for hydroxylation is 1. The number of nitrogens with one attached hydrogen (secondary N) is 1. The van der Waals surface area contributed by atoms with Gasteiger partial charge in [-0.2, -0.15) is 5.10 Å². The SMILES string of the molecule is CCn1ncc(-c2cc(C(F)F)nc3sc(C(N)=O)c(NC(=O)C(C)n4cc([N+](=O)[O-])c(OC)n4)c23)c1C. The molecule has 0 fully saturated rings. The predicted octanol–water partition coefficient (Wildman–Crippen LogP) is 3.84. The zero-order valence-electron chi connectivity index (χ0n) is 20.6. The van der Waals surface area contributed by atoms with E-state index in [1.165, 1.54) is 26.3 Å². The lowest BCUT2D eigenvalue weighted by atomic mass is 10.0. The number of ether oxygens (including phenoxy) is 1. The Kier molecular flexibility index (Phi) is 7.08. The number of fused-ring (bicyclic) bond motifs is 1. The molecule has 0 bridgehead atoms. The van der Waals surface area contributed by atoms with Crippen molar-refractivity contribution in [2.75, 3.05) is 12.4 Å². The number of primary amides is 1. The molecule has 1 atom stereocenters. The van der Waals surface area contributed by atoms with E-state index < -0.39 is 40.6 Å². The number of nitro groups is 1. The average Bonchev–Trinajstić information content (AvgIpc) is 3.57. The third-order valence-corrected chi connectivity index (χ3v) is 7.01. The lowest BCUT2D eigenvalue weighted by molar-refractivity contribution is -0.385. The molecule has 200 valence electrons. The van der Waals surface area contributed by atoms with E-state index in [9.17, 15) is 28.5 Å². The molecule has 38 heavy (non-hydrogen) atoms. The smallest absolute Gasteiger partial charge is 0.350 e. The zero-order chi connectivity index (χ0) is 27.9. The molecule has 0 saturated heterocycles. The van der Waals surface area contributed by atoms with Crippen molar-refractivity contribution in [3.8, 4) is 17.0 Å². The van der Waals surface area contributed by atoms with Gasteiger partial charge < -0.3 is 15.8 Å². The molecule has 4 aromatic rings. The van der Waals surface area contributed by atoms with Crippen LogP contribution in [0.1, 0.15) is 47.4 Å². The third kappa shape index (κ3) is 4.53. The van der Waals surface area contributed by atoms with Crippen molar-refractivity contribution >= 4 is 44.7 Å². The fourth-order valence-electron chi connectivity index (χ4n) is 3.95. The summed E-state index contributed by atoms with van der Waals surface area (Å²) in [6, 6.07) is 0.0876. The van der Waals surface area contributed by atoms with Crippen molar-refractivity contribution in [3.05, 3.63) is 44.8 Å². The molecule has 0 aromatic carbocycles. The normalized spacial score (nSPS) is 12.2. The number of hydrogen-bond donors (Lipinski definition) is 2. The summed E-state index contributed by atoms with van der Waals surface area (Å²) < 4.78 is 35.1. The van der Waals surface area contributed by atoms with Gasteiger partial charge in [-0.1, -0.05) is 0 Å². The van der Waals surface area contributed by atoms with Crippen LogP contribution in [-0.2, 0) is 11.3 Å². The summed E-state index contributed by atoms with van der Waals surface area (Å²) >= 11 is 0.762. The van der Waals surface area contributed by atoms with Gasteiger partial charge in [-0.25, -0.2) is 18.4 Å². The zero-order valence-corrected chi connectivity index (χ0v) is 21.4. The number of halogens is 2. The van der Waals surface area contributed by atoms with Crippen molar-refractivity contribution in [2.24, 2.45) is 5.73 Å². The number of carbonyl (C=O) groups is 2. The van der Waals surface area contributed by atoms with E-state index in [0.717, 1.165) is 22.2 Å². The molecule has 0 aliphatic rings. The number of alkyl halides is 2. The molecule has 16 heteroatoms. The number of nitrogens with zero attached hydrogens (tertiary/aromatic N) is 6. The molecule has 2 amide bonds. The molecular formula is C22H22F2N8O5S. The van der Waals surface area contributed by atoms with Gasteiger partial charge in [0.05, 0.1) is 23.9 Å². The number of methoxy groups -OCH3 is 1. The fourth-order valence-corrected chi connectivity index (χ4v) is 4.96. The molecule has 4 rings (SSSR count). The van der Waals surface area contributed by atoms with Crippen LogP contribution in [0, 0.1) is 17.0 Å². The fraction of sp³-hybridized carbons (Fsp3) is 0.318. The number of anilines is 1. The number of rotatable bonds is 9. The van der Waals surface area contributed by atoms with Crippen LogP contribution in [0.2, 0.25) is 0 Å². The number of hydrogen-bond acceptors (Lipinski definition) is 9. The highest BCUT2D eigenvalue weighted by Gasteiger charge is 2.29. The van der Waals surface area contributed by atoms with Gasteiger partial charge in [0.2, 0.25) is 5.91 Å². The van der Waals surface area contributed by atoms with Gasteiger partial charge in [-0.15, -0.1) is 16.4 Å². The lowest BCUT2D eigenvalue weighted by Gasteiger charge is -2.14. The summed E-state index contributed by atoms with van der Waals surface area (Å²) in [5, 5.41) is 22.3. The first kappa shape index (κ1) is 26.6. The molecule has 4 aromatic heterocycles. The third-order valence-electron chi connectivity index (χ3n) is 5.92. The van der Waals surface area contributed by atoms with E-state index >= 15 is 0 Å². The predicted molar refractivity (Wildman–Crippen MR) is 134 cm³/mol. The van der Waals surface area contributed by atoms with Crippen LogP contribution in [0.3, 0.4) is 0 Å². The number of amides is 2. The lowest BCUT2D eigenvalue weighted by Crippen LogP contribution is -2.25. The van der Waals surface area contributed by atoms with Crippen LogP contribution in [0.5, 0.6) is 5.88 Å². The number of thiophene rings is 1. The maximum absolute atomic E-state index is 13.7. The van der Waals surface area contributed by atoms with Gasteiger partial charge in [-0.3, -0.25) is 24.4 Å². The number of carbonyl (C=O) groups excluding carboxylic acids is 2. The first-order chi connectivity index (χ1) is 18.0. The van der Waals surface area contributed by atoms with E-state index in [1.807, 2.05) is 6.92 Å². The van der Waals surface area contributed by atoms with Crippen LogP contribution < -0.4 is 15.8 Å². The van der Waals surface area contributed by atoms with Crippen LogP contribution in [0.4, 0.5) is 20.2 Å². The highest BCUT2D eigenvalue weighted by Crippen LogP contribution is 2.43. The van der Waals surface area contributed by atoms with E-state index in [2.05, 4.69) is 20.5 Å². The molecule has 0 saturated carbocycles. The van der Waals surface area contributed by atoms with Crippen molar-refractivity contribution in [1.82, 2.24) is 24.5 Å². The van der Waals surface area contributed by atoms with Crippen molar-refractivity contribution in [2.45, 2.75) is 39.8 Å². The number of pyridine rings is 1. The van der Waals surface area contributed by atoms with Crippen LogP contribution in [0.15, 0.2) is 18.5 Å². The first-order valence-electron chi connectivity index (χ1n) is 11.1. The molecule has 0 radical (unpaired) electrons. The van der Waals surface area contributed by atoms with Gasteiger partial charge in [-0.05, 0) is 32.4 Å². The Balaban J connectivity index is 1.88. The Hall–Kier alpha value is -4.47. The maximum Gasteiger partial charge on any atom is 0.350 e. The summed E-state index contributed by atoms with van der Waals surface area (Å²) in [5.41, 5.74) is 6.06. The Morgan fingerprint density at radius 1 is 1.34 bits per heavy atom. The Morgan fingerprint density at radius 2 is 2.05 bits per heavy atom. The minimum absolute atomic E-state index is 0.0186. The molecule has 0 aliphatic carbocycles. The highest BCUT2D eigenvalue weighted by atomic mass is 32.1. The van der Waals surface area contributed by atoms with Crippen molar-refractivity contribution in [1.29, 1.82) is 0 Å². The summed E-state index contributed by atoms with van der Waals surface area (Å²) in [4.78, 5) is 40.1. The second-order valence-electron chi connectivity index (χ2n) is 8.13. The first-order valence-corrected chi connectivity index (χ1v) is 12.0. The number of aromatic nitrogens is 5. The van der Waals surface area contributed by atoms with E-state index in [0.29, 0.717) is 17.8 Å². The maximum atomic E-state index is 13.7. The van der Waals surface area contributed by atoms with E-state index in [-0.39, 0.29) is 32.2 Å². The van der Waals surface area contributed by atoms with Crippen LogP contribution in [0.25, 0.3) is 21.3 Å². The van der Waals surface area contributed by atoms with E-state index in [1.54, 1.807) is 11.6 Å². The second-order valence-corrected chi connectivity index (χ2v) is 9.13. The Bertz CT molecular complexity index is 1580. The molecule has 0 aliphatic heterocycles. The molecule has 13 nitrogen and oxygen atoms in total. The molecule has 3 N–H and O–H groups in total. The Morgan fingerprint density at radius 3 is 2.58 bits per heavy atom. The van der Waals surface area contributed by atoms with Gasteiger partial charge in [0.1, 0.15) is 27.6 Å². The summed E-state index contributed by atoms with van der Waals surface area (Å²) in [6.45, 7) is 5.58. The van der Waals surface area contributed by atoms with Crippen LogP contribution in [-0.4, -0.2) is 48.4 Å². The van der Waals surface area contributed by atoms with Gasteiger partial charge >= 0.3 is 11.6 Å². The monoisotopic (exact) mass is 548 g/mol.